The molecule has 1 fully saturated rings. The number of piperazine rings is 1. The van der Waals surface area contributed by atoms with Crippen LogP contribution in [0.2, 0.25) is 0 Å². The minimum atomic E-state index is -4.46. The van der Waals surface area contributed by atoms with Crippen LogP contribution in [-0.4, -0.2) is 47.8 Å². The summed E-state index contributed by atoms with van der Waals surface area (Å²) in [6.07, 6.45) is -4.46. The van der Waals surface area contributed by atoms with Gasteiger partial charge < -0.3 is 14.2 Å². The minimum Gasteiger partial charge on any atom is -0.451 e. The van der Waals surface area contributed by atoms with Crippen molar-refractivity contribution in [1.29, 1.82) is 0 Å². The van der Waals surface area contributed by atoms with E-state index in [-0.39, 0.29) is 28.9 Å². The zero-order valence-electron chi connectivity index (χ0n) is 16.4. The van der Waals surface area contributed by atoms with E-state index in [9.17, 15) is 22.8 Å². The standard InChI is InChI=1S/C23H19F3N2O3/c24-23(25,26)18-8-4-7-17(15-18)19-9-10-20(31-19)22(30)28-13-11-27(12-14-28)21(29)16-5-2-1-3-6-16/h1-10,15H,11-14H2. The van der Waals surface area contributed by atoms with Gasteiger partial charge in [-0.15, -0.1) is 0 Å². The minimum absolute atomic E-state index is 0.0512. The Hall–Kier alpha value is -3.55. The lowest BCUT2D eigenvalue weighted by Gasteiger charge is -2.34. The number of carbonyl (C=O) groups is 2. The fourth-order valence-electron chi connectivity index (χ4n) is 3.49. The van der Waals surface area contributed by atoms with Crippen molar-refractivity contribution in [3.8, 4) is 11.3 Å². The molecule has 0 radical (unpaired) electrons. The number of carbonyl (C=O) groups excluding carboxylic acids is 2. The van der Waals surface area contributed by atoms with Crippen molar-refractivity contribution in [1.82, 2.24) is 9.80 Å². The Kier molecular flexibility index (Phi) is 5.54. The fourth-order valence-corrected chi connectivity index (χ4v) is 3.49. The summed E-state index contributed by atoms with van der Waals surface area (Å²) >= 11 is 0. The Labute approximate surface area is 176 Å². The molecule has 0 N–H and O–H groups in total. The van der Waals surface area contributed by atoms with E-state index in [1.54, 1.807) is 34.1 Å². The largest absolute Gasteiger partial charge is 0.451 e. The molecule has 1 aliphatic rings. The molecule has 160 valence electrons. The van der Waals surface area contributed by atoms with Crippen LogP contribution in [0.5, 0.6) is 0 Å². The van der Waals surface area contributed by atoms with Gasteiger partial charge in [0.05, 0.1) is 5.56 Å². The number of rotatable bonds is 3. The van der Waals surface area contributed by atoms with Gasteiger partial charge in [-0.1, -0.05) is 30.3 Å². The summed E-state index contributed by atoms with van der Waals surface area (Å²) in [6, 6.07) is 16.6. The van der Waals surface area contributed by atoms with Crippen LogP contribution < -0.4 is 0 Å². The number of halogens is 3. The predicted octanol–water partition coefficient (Wildman–Crippen LogP) is 4.56. The summed E-state index contributed by atoms with van der Waals surface area (Å²) in [5, 5.41) is 0. The summed E-state index contributed by atoms with van der Waals surface area (Å²) in [6.45, 7) is 1.47. The van der Waals surface area contributed by atoms with Crippen LogP contribution in [0.25, 0.3) is 11.3 Å². The van der Waals surface area contributed by atoms with Gasteiger partial charge in [-0.25, -0.2) is 0 Å². The Balaban J connectivity index is 1.42. The number of hydrogen-bond donors (Lipinski definition) is 0. The molecule has 0 bridgehead atoms. The van der Waals surface area contributed by atoms with Gasteiger partial charge in [0.1, 0.15) is 5.76 Å². The molecule has 2 aromatic carbocycles. The molecule has 0 aliphatic carbocycles. The van der Waals surface area contributed by atoms with Crippen LogP contribution in [0.3, 0.4) is 0 Å². The second kappa shape index (κ2) is 8.29. The van der Waals surface area contributed by atoms with Crippen LogP contribution in [0.15, 0.2) is 71.1 Å². The number of furan rings is 1. The van der Waals surface area contributed by atoms with Gasteiger partial charge in [-0.3, -0.25) is 9.59 Å². The van der Waals surface area contributed by atoms with Crippen molar-refractivity contribution in [2.75, 3.05) is 26.2 Å². The van der Waals surface area contributed by atoms with Crippen molar-refractivity contribution < 1.29 is 27.2 Å². The summed E-state index contributed by atoms with van der Waals surface area (Å²) in [5.41, 5.74) is 0.0553. The first-order chi connectivity index (χ1) is 14.8. The smallest absolute Gasteiger partial charge is 0.416 e. The van der Waals surface area contributed by atoms with E-state index < -0.39 is 11.7 Å². The molecular formula is C23H19F3N2O3. The number of amides is 2. The maximum Gasteiger partial charge on any atom is 0.416 e. The van der Waals surface area contributed by atoms with E-state index in [4.69, 9.17) is 4.42 Å². The third-order valence-electron chi connectivity index (χ3n) is 5.17. The van der Waals surface area contributed by atoms with E-state index in [2.05, 4.69) is 0 Å². The topological polar surface area (TPSA) is 53.8 Å². The van der Waals surface area contributed by atoms with Crippen LogP contribution in [0.4, 0.5) is 13.2 Å². The summed E-state index contributed by atoms with van der Waals surface area (Å²) in [5.74, 6) is -0.204. The van der Waals surface area contributed by atoms with Crippen molar-refractivity contribution in [2.24, 2.45) is 0 Å². The molecule has 2 heterocycles. The molecule has 1 aliphatic heterocycles. The van der Waals surface area contributed by atoms with Gasteiger partial charge in [0.25, 0.3) is 11.8 Å². The number of alkyl halides is 3. The van der Waals surface area contributed by atoms with Gasteiger partial charge in [-0.2, -0.15) is 13.2 Å². The number of benzene rings is 2. The summed E-state index contributed by atoms with van der Waals surface area (Å²) in [7, 11) is 0. The maximum absolute atomic E-state index is 12.9. The molecule has 4 rings (SSSR count). The Morgan fingerprint density at radius 2 is 1.42 bits per heavy atom. The molecule has 0 unspecified atom stereocenters. The van der Waals surface area contributed by atoms with Gasteiger partial charge in [0.15, 0.2) is 5.76 Å². The van der Waals surface area contributed by atoms with Crippen LogP contribution in [-0.2, 0) is 6.18 Å². The van der Waals surface area contributed by atoms with Gasteiger partial charge in [0.2, 0.25) is 0 Å². The van der Waals surface area contributed by atoms with Gasteiger partial charge in [0, 0.05) is 37.3 Å². The molecule has 5 nitrogen and oxygen atoms in total. The summed E-state index contributed by atoms with van der Waals surface area (Å²) < 4.78 is 44.4. The lowest BCUT2D eigenvalue weighted by molar-refractivity contribution is -0.137. The third-order valence-corrected chi connectivity index (χ3v) is 5.17. The summed E-state index contributed by atoms with van der Waals surface area (Å²) in [4.78, 5) is 28.6. The predicted molar refractivity (Wildman–Crippen MR) is 107 cm³/mol. The van der Waals surface area contributed by atoms with Crippen LogP contribution in [0.1, 0.15) is 26.5 Å². The SMILES string of the molecule is O=C(c1ccccc1)N1CCN(C(=O)c2ccc(-c3cccc(C(F)(F)F)c3)o2)CC1. The van der Waals surface area contributed by atoms with Crippen LogP contribution >= 0.6 is 0 Å². The average molecular weight is 428 g/mol. The van der Waals surface area contributed by atoms with E-state index in [0.717, 1.165) is 12.1 Å². The quantitative estimate of drug-likeness (QED) is 0.615. The van der Waals surface area contributed by atoms with Gasteiger partial charge >= 0.3 is 6.18 Å². The highest BCUT2D eigenvalue weighted by atomic mass is 19.4. The van der Waals surface area contributed by atoms with Crippen molar-refractivity contribution >= 4 is 11.8 Å². The third kappa shape index (κ3) is 4.47. The molecule has 0 spiro atoms. The Morgan fingerprint density at radius 3 is 2.06 bits per heavy atom. The van der Waals surface area contributed by atoms with Crippen LogP contribution in [0, 0.1) is 0 Å². The number of nitrogens with zero attached hydrogens (tertiary/aromatic N) is 2. The second-order valence-corrected chi connectivity index (χ2v) is 7.19. The second-order valence-electron chi connectivity index (χ2n) is 7.19. The lowest BCUT2D eigenvalue weighted by atomic mass is 10.1. The highest BCUT2D eigenvalue weighted by molar-refractivity contribution is 5.95. The zero-order valence-corrected chi connectivity index (χ0v) is 16.4. The molecule has 31 heavy (non-hydrogen) atoms. The Morgan fingerprint density at radius 1 is 0.774 bits per heavy atom. The first kappa shape index (κ1) is 20.7. The first-order valence-electron chi connectivity index (χ1n) is 9.74. The molecule has 1 saturated heterocycles. The van der Waals surface area contributed by atoms with Crippen molar-refractivity contribution in [3.05, 3.63) is 83.6 Å². The maximum atomic E-state index is 12.9. The molecule has 3 aromatic rings. The molecule has 1 aromatic heterocycles. The highest BCUT2D eigenvalue weighted by Gasteiger charge is 2.31. The van der Waals surface area contributed by atoms with Gasteiger partial charge in [-0.05, 0) is 36.4 Å². The number of hydrogen-bond acceptors (Lipinski definition) is 3. The average Bonchev–Trinajstić information content (AvgIpc) is 3.29. The zero-order chi connectivity index (χ0) is 22.0. The van der Waals surface area contributed by atoms with Crippen molar-refractivity contribution in [2.45, 2.75) is 6.18 Å². The first-order valence-corrected chi connectivity index (χ1v) is 9.74. The molecular weight excluding hydrogens is 409 g/mol. The van der Waals surface area contributed by atoms with E-state index in [1.165, 1.54) is 24.3 Å². The Bertz CT molecular complexity index is 1080. The molecule has 0 atom stereocenters. The van der Waals surface area contributed by atoms with E-state index in [0.29, 0.717) is 31.7 Å². The normalized spacial score (nSPS) is 14.5. The lowest BCUT2D eigenvalue weighted by Crippen LogP contribution is -2.50. The molecule has 2 amide bonds. The molecule has 0 saturated carbocycles. The highest BCUT2D eigenvalue weighted by Crippen LogP contribution is 2.32. The monoisotopic (exact) mass is 428 g/mol. The van der Waals surface area contributed by atoms with Crippen molar-refractivity contribution in [3.63, 3.8) is 0 Å². The fraction of sp³-hybridized carbons (Fsp3) is 0.217. The van der Waals surface area contributed by atoms with E-state index in [1.807, 2.05) is 6.07 Å². The molecule has 8 heteroatoms. The van der Waals surface area contributed by atoms with E-state index >= 15 is 0 Å².